The summed E-state index contributed by atoms with van der Waals surface area (Å²) >= 11 is 0. The molecule has 2 aromatic rings. The van der Waals surface area contributed by atoms with Crippen molar-refractivity contribution in [2.45, 2.75) is 6.92 Å². The number of hydrogen-bond acceptors (Lipinski definition) is 4. The largest absolute Gasteiger partial charge is 0.289 e. The van der Waals surface area contributed by atoms with Gasteiger partial charge in [-0.15, -0.1) is 0 Å². The molecule has 2 amide bonds. The number of benzene rings is 2. The number of rotatable bonds is 7. The minimum atomic E-state index is -0.527. The van der Waals surface area contributed by atoms with Crippen LogP contribution in [0.25, 0.3) is 0 Å². The molecule has 0 unspecified atom stereocenters. The molecule has 0 radical (unpaired) electrons. The molecule has 0 aliphatic carbocycles. The Bertz CT molecular complexity index is 1120. The van der Waals surface area contributed by atoms with E-state index in [0.717, 1.165) is 17.1 Å². The SMILES string of the molecule is C=C/C=C\C(=C/C)C(=O)c1cc(C(=O)c2ccccc2)cc(N2C(=O)C=CC2=O)c1. The molecule has 1 heterocycles. The summed E-state index contributed by atoms with van der Waals surface area (Å²) in [4.78, 5) is 51.3. The van der Waals surface area contributed by atoms with E-state index in [1.807, 2.05) is 0 Å². The second-order valence-electron chi connectivity index (χ2n) is 6.48. The van der Waals surface area contributed by atoms with Crippen LogP contribution < -0.4 is 4.90 Å². The van der Waals surface area contributed by atoms with Gasteiger partial charge >= 0.3 is 0 Å². The molecule has 0 spiro atoms. The molecule has 2 aromatic carbocycles. The zero-order valence-electron chi connectivity index (χ0n) is 16.4. The van der Waals surface area contributed by atoms with Gasteiger partial charge in [-0.2, -0.15) is 0 Å². The first kappa shape index (κ1) is 20.6. The number of ketones is 2. The highest BCUT2D eigenvalue weighted by Crippen LogP contribution is 2.26. The van der Waals surface area contributed by atoms with Crippen LogP contribution in [-0.2, 0) is 9.59 Å². The Balaban J connectivity index is 2.13. The number of carbonyl (C=O) groups excluding carboxylic acids is 4. The second-order valence-corrected chi connectivity index (χ2v) is 6.48. The van der Waals surface area contributed by atoms with E-state index >= 15 is 0 Å². The molecule has 5 heteroatoms. The van der Waals surface area contributed by atoms with Crippen LogP contribution >= 0.6 is 0 Å². The van der Waals surface area contributed by atoms with E-state index in [2.05, 4.69) is 6.58 Å². The van der Waals surface area contributed by atoms with Gasteiger partial charge in [0.2, 0.25) is 0 Å². The van der Waals surface area contributed by atoms with Crippen LogP contribution in [-0.4, -0.2) is 23.4 Å². The summed E-state index contributed by atoms with van der Waals surface area (Å²) in [5, 5.41) is 0. The Kier molecular flexibility index (Phi) is 6.13. The Morgan fingerprint density at radius 1 is 0.900 bits per heavy atom. The topological polar surface area (TPSA) is 71.5 Å². The summed E-state index contributed by atoms with van der Waals surface area (Å²) in [6.45, 7) is 5.31. The van der Waals surface area contributed by atoms with Crippen molar-refractivity contribution < 1.29 is 19.2 Å². The van der Waals surface area contributed by atoms with Gasteiger partial charge in [-0.3, -0.25) is 19.2 Å². The van der Waals surface area contributed by atoms with Crippen molar-refractivity contribution in [1.29, 1.82) is 0 Å². The van der Waals surface area contributed by atoms with E-state index in [1.54, 1.807) is 61.6 Å². The maximum Gasteiger partial charge on any atom is 0.258 e. The Labute approximate surface area is 174 Å². The molecular formula is C25H19NO4. The molecule has 1 aliphatic rings. The third-order valence-electron chi connectivity index (χ3n) is 4.53. The van der Waals surface area contributed by atoms with Crippen molar-refractivity contribution in [3.63, 3.8) is 0 Å². The smallest absolute Gasteiger partial charge is 0.258 e. The van der Waals surface area contributed by atoms with Crippen LogP contribution in [0.4, 0.5) is 5.69 Å². The lowest BCUT2D eigenvalue weighted by molar-refractivity contribution is -0.119. The summed E-state index contributed by atoms with van der Waals surface area (Å²) in [5.74, 6) is -1.71. The first-order chi connectivity index (χ1) is 14.5. The molecule has 0 bridgehead atoms. The number of carbonyl (C=O) groups is 4. The number of hydrogen-bond donors (Lipinski definition) is 0. The molecule has 0 fully saturated rings. The quantitative estimate of drug-likeness (QED) is 0.304. The highest BCUT2D eigenvalue weighted by Gasteiger charge is 2.27. The predicted molar refractivity (Wildman–Crippen MR) is 115 cm³/mol. The van der Waals surface area contributed by atoms with Gasteiger partial charge in [-0.05, 0) is 25.1 Å². The van der Waals surface area contributed by atoms with E-state index in [4.69, 9.17) is 0 Å². The fourth-order valence-electron chi connectivity index (χ4n) is 3.05. The van der Waals surface area contributed by atoms with Gasteiger partial charge in [0.05, 0.1) is 5.69 Å². The van der Waals surface area contributed by atoms with E-state index in [0.29, 0.717) is 11.1 Å². The fourth-order valence-corrected chi connectivity index (χ4v) is 3.05. The highest BCUT2D eigenvalue weighted by atomic mass is 16.2. The summed E-state index contributed by atoms with van der Waals surface area (Å²) in [7, 11) is 0. The van der Waals surface area contributed by atoms with Crippen molar-refractivity contribution in [3.8, 4) is 0 Å². The van der Waals surface area contributed by atoms with Crippen LogP contribution in [0.3, 0.4) is 0 Å². The zero-order valence-corrected chi connectivity index (χ0v) is 16.4. The summed E-state index contributed by atoms with van der Waals surface area (Å²) in [5.41, 5.74) is 1.40. The lowest BCUT2D eigenvalue weighted by Crippen LogP contribution is -2.30. The van der Waals surface area contributed by atoms with Gasteiger partial charge < -0.3 is 0 Å². The van der Waals surface area contributed by atoms with Gasteiger partial charge in [0.15, 0.2) is 11.6 Å². The van der Waals surface area contributed by atoms with Crippen LogP contribution in [0.5, 0.6) is 0 Å². The Morgan fingerprint density at radius 2 is 1.53 bits per heavy atom. The molecule has 0 saturated carbocycles. The number of amides is 2. The number of Topliss-reactive ketones (excluding diaryl/α,β-unsaturated/α-hetero) is 1. The molecular weight excluding hydrogens is 378 g/mol. The minimum absolute atomic E-state index is 0.170. The van der Waals surface area contributed by atoms with Crippen molar-refractivity contribution in [2.24, 2.45) is 0 Å². The normalized spacial score (nSPS) is 13.9. The molecule has 0 atom stereocenters. The molecule has 0 N–H and O–H groups in total. The average Bonchev–Trinajstić information content (AvgIpc) is 3.11. The number of anilines is 1. The Hall–Kier alpha value is -4.12. The minimum Gasteiger partial charge on any atom is -0.289 e. The van der Waals surface area contributed by atoms with Crippen LogP contribution in [0.2, 0.25) is 0 Å². The molecule has 148 valence electrons. The maximum atomic E-state index is 13.1. The van der Waals surface area contributed by atoms with E-state index in [-0.39, 0.29) is 28.4 Å². The van der Waals surface area contributed by atoms with Gasteiger partial charge in [-0.1, -0.05) is 61.2 Å². The number of nitrogens with zero attached hydrogens (tertiary/aromatic N) is 1. The van der Waals surface area contributed by atoms with Crippen LogP contribution in [0, 0.1) is 0 Å². The third kappa shape index (κ3) is 4.15. The van der Waals surface area contributed by atoms with Crippen molar-refractivity contribution >= 4 is 29.1 Å². The van der Waals surface area contributed by atoms with E-state index < -0.39 is 11.8 Å². The number of allylic oxidation sites excluding steroid dienone is 5. The molecule has 5 nitrogen and oxygen atoms in total. The Morgan fingerprint density at radius 3 is 2.13 bits per heavy atom. The number of imide groups is 1. The van der Waals surface area contributed by atoms with Crippen LogP contribution in [0.15, 0.2) is 97.1 Å². The molecule has 0 aromatic heterocycles. The average molecular weight is 397 g/mol. The maximum absolute atomic E-state index is 13.1. The summed E-state index contributed by atoms with van der Waals surface area (Å²) < 4.78 is 0. The third-order valence-corrected chi connectivity index (χ3v) is 4.53. The second kappa shape index (κ2) is 8.92. The van der Waals surface area contributed by atoms with Gasteiger partial charge in [0.25, 0.3) is 11.8 Å². The molecule has 30 heavy (non-hydrogen) atoms. The van der Waals surface area contributed by atoms with Crippen molar-refractivity contribution in [3.05, 3.63) is 114 Å². The molecule has 3 rings (SSSR count). The fraction of sp³-hybridized carbons (Fsp3) is 0.0400. The lowest BCUT2D eigenvalue weighted by atomic mass is 9.96. The van der Waals surface area contributed by atoms with Crippen molar-refractivity contribution in [1.82, 2.24) is 0 Å². The summed E-state index contributed by atoms with van der Waals surface area (Å²) in [6.07, 6.45) is 8.73. The standard InChI is InChI=1S/C25H19NO4/c1-3-5-9-17(4-2)24(29)19-14-20(25(30)18-10-7-6-8-11-18)16-21(15-19)26-22(27)12-13-23(26)28/h3-16H,1H2,2H3/b9-5-,17-4+. The molecule has 1 aliphatic heterocycles. The lowest BCUT2D eigenvalue weighted by Gasteiger charge is -2.16. The molecule has 0 saturated heterocycles. The van der Waals surface area contributed by atoms with Gasteiger partial charge in [0.1, 0.15) is 0 Å². The van der Waals surface area contributed by atoms with E-state index in [9.17, 15) is 19.2 Å². The predicted octanol–water partition coefficient (Wildman–Crippen LogP) is 4.22. The summed E-state index contributed by atoms with van der Waals surface area (Å²) in [6, 6.07) is 13.0. The first-order valence-corrected chi connectivity index (χ1v) is 9.27. The van der Waals surface area contributed by atoms with Crippen LogP contribution in [0.1, 0.15) is 33.2 Å². The monoisotopic (exact) mass is 397 g/mol. The highest BCUT2D eigenvalue weighted by molar-refractivity contribution is 6.28. The van der Waals surface area contributed by atoms with Gasteiger partial charge in [-0.25, -0.2) is 4.90 Å². The first-order valence-electron chi connectivity index (χ1n) is 9.27. The van der Waals surface area contributed by atoms with Gasteiger partial charge in [0, 0.05) is 34.4 Å². The van der Waals surface area contributed by atoms with E-state index in [1.165, 1.54) is 18.2 Å². The zero-order chi connectivity index (χ0) is 21.7. The van der Waals surface area contributed by atoms with Crippen molar-refractivity contribution in [2.75, 3.05) is 4.90 Å².